The van der Waals surface area contributed by atoms with Crippen LogP contribution in [0, 0.1) is 17.2 Å². The number of rotatable bonds is 4. The molecule has 3 rings (SSSR count). The van der Waals surface area contributed by atoms with Crippen LogP contribution in [0.4, 0.5) is 5.00 Å². The summed E-state index contributed by atoms with van der Waals surface area (Å²) in [5, 5.41) is 13.1. The minimum absolute atomic E-state index is 0.0887. The Labute approximate surface area is 179 Å². The van der Waals surface area contributed by atoms with Crippen molar-refractivity contribution >= 4 is 38.2 Å². The zero-order valence-electron chi connectivity index (χ0n) is 16.7. The number of benzene rings is 1. The third kappa shape index (κ3) is 4.59. The lowest BCUT2D eigenvalue weighted by Gasteiger charge is -2.23. The van der Waals surface area contributed by atoms with Gasteiger partial charge in [0.25, 0.3) is 5.91 Å². The lowest BCUT2D eigenvalue weighted by Crippen LogP contribution is -2.22. The summed E-state index contributed by atoms with van der Waals surface area (Å²) >= 11 is 5.03. The van der Waals surface area contributed by atoms with Crippen molar-refractivity contribution in [2.45, 2.75) is 52.4 Å². The smallest absolute Gasteiger partial charge is 0.262 e. The fraction of sp³-hybridized carbons (Fsp3) is 0.455. The number of hydrogen-bond acceptors (Lipinski definition) is 4. The summed E-state index contributed by atoms with van der Waals surface area (Å²) in [6.07, 6.45) is 2.99. The average Bonchev–Trinajstić information content (AvgIpc) is 2.95. The number of hydrogen-bond donors (Lipinski definition) is 1. The molecule has 4 nitrogen and oxygen atoms in total. The molecule has 1 amide bonds. The quantitative estimate of drug-likeness (QED) is 0.624. The molecule has 28 heavy (non-hydrogen) atoms. The van der Waals surface area contributed by atoms with E-state index in [1.165, 1.54) is 16.2 Å². The van der Waals surface area contributed by atoms with Crippen molar-refractivity contribution in [1.29, 1.82) is 5.26 Å². The van der Waals surface area contributed by atoms with E-state index in [-0.39, 0.29) is 17.9 Å². The first-order valence-electron chi connectivity index (χ1n) is 9.46. The number of carbonyl (C=O) groups excluding carboxylic acids is 1. The zero-order chi connectivity index (χ0) is 20.5. The number of thiophene rings is 1. The van der Waals surface area contributed by atoms with E-state index in [9.17, 15) is 10.1 Å². The lowest BCUT2D eigenvalue weighted by molar-refractivity contribution is -0.118. The van der Waals surface area contributed by atoms with Gasteiger partial charge in [-0.3, -0.25) is 4.79 Å². The van der Waals surface area contributed by atoms with E-state index in [0.717, 1.165) is 34.9 Å². The molecule has 0 radical (unpaired) electrons. The number of ether oxygens (including phenoxy) is 1. The minimum atomic E-state index is -0.245. The third-order valence-corrected chi connectivity index (χ3v) is 6.65. The summed E-state index contributed by atoms with van der Waals surface area (Å²) < 4.78 is 6.81. The third-order valence-electron chi connectivity index (χ3n) is 4.98. The maximum atomic E-state index is 12.5. The Morgan fingerprint density at radius 3 is 2.86 bits per heavy atom. The van der Waals surface area contributed by atoms with Gasteiger partial charge >= 0.3 is 0 Å². The van der Waals surface area contributed by atoms with E-state index in [0.29, 0.717) is 22.2 Å². The van der Waals surface area contributed by atoms with E-state index in [2.05, 4.69) is 55.0 Å². The number of amides is 1. The second-order valence-corrected chi connectivity index (χ2v) is 10.4. The molecule has 0 bridgehead atoms. The zero-order valence-corrected chi connectivity index (χ0v) is 19.1. The van der Waals surface area contributed by atoms with Gasteiger partial charge in [0.15, 0.2) is 6.61 Å². The van der Waals surface area contributed by atoms with Crippen LogP contribution >= 0.6 is 27.3 Å². The van der Waals surface area contributed by atoms with Gasteiger partial charge in [0, 0.05) is 14.9 Å². The summed E-state index contributed by atoms with van der Waals surface area (Å²) in [5.41, 5.74) is 2.67. The van der Waals surface area contributed by atoms with Gasteiger partial charge in [0.1, 0.15) is 16.8 Å². The van der Waals surface area contributed by atoms with E-state index >= 15 is 0 Å². The van der Waals surface area contributed by atoms with Crippen molar-refractivity contribution in [3.63, 3.8) is 0 Å². The summed E-state index contributed by atoms with van der Waals surface area (Å²) in [5.74, 6) is 1.08. The number of carbonyl (C=O) groups is 1. The number of nitrogens with one attached hydrogen (secondary N) is 1. The molecule has 0 fully saturated rings. The fourth-order valence-corrected chi connectivity index (χ4v) is 5.22. The van der Waals surface area contributed by atoms with E-state index in [1.54, 1.807) is 0 Å². The molecule has 1 N–H and O–H groups in total. The largest absolute Gasteiger partial charge is 0.483 e. The van der Waals surface area contributed by atoms with E-state index in [1.807, 2.05) is 18.2 Å². The summed E-state index contributed by atoms with van der Waals surface area (Å²) in [4.78, 5) is 13.7. The van der Waals surface area contributed by atoms with Crippen molar-refractivity contribution in [3.8, 4) is 11.8 Å². The van der Waals surface area contributed by atoms with Crippen molar-refractivity contribution in [2.24, 2.45) is 5.92 Å². The first kappa shape index (κ1) is 20.9. The molecule has 1 aliphatic carbocycles. The Kier molecular flexibility index (Phi) is 6.16. The molecule has 0 saturated carbocycles. The highest BCUT2D eigenvalue weighted by Gasteiger charge is 2.25. The number of halogens is 1. The Morgan fingerprint density at radius 2 is 2.18 bits per heavy atom. The molecular weight excluding hydrogens is 436 g/mol. The molecule has 1 heterocycles. The number of anilines is 1. The normalized spacial score (nSPS) is 16.2. The van der Waals surface area contributed by atoms with Crippen LogP contribution in [0.1, 0.15) is 55.7 Å². The van der Waals surface area contributed by atoms with E-state index < -0.39 is 0 Å². The van der Waals surface area contributed by atoms with Gasteiger partial charge in [0.05, 0.1) is 5.56 Å². The van der Waals surface area contributed by atoms with Gasteiger partial charge in [-0.05, 0) is 54.4 Å². The Hall–Kier alpha value is -1.84. The predicted molar refractivity (Wildman–Crippen MR) is 117 cm³/mol. The lowest BCUT2D eigenvalue weighted by atomic mass is 9.86. The van der Waals surface area contributed by atoms with Crippen LogP contribution in [0.3, 0.4) is 0 Å². The molecular formula is C22H25BrN2O2S. The monoisotopic (exact) mass is 460 g/mol. The van der Waals surface area contributed by atoms with Gasteiger partial charge in [-0.1, -0.05) is 43.6 Å². The van der Waals surface area contributed by atoms with Crippen LogP contribution in [-0.4, -0.2) is 12.5 Å². The molecule has 0 saturated heterocycles. The fourth-order valence-electron chi connectivity index (χ4n) is 3.48. The molecule has 0 spiro atoms. The van der Waals surface area contributed by atoms with E-state index in [4.69, 9.17) is 4.74 Å². The molecule has 0 aliphatic heterocycles. The summed E-state index contributed by atoms with van der Waals surface area (Å²) in [6.45, 7) is 8.47. The topological polar surface area (TPSA) is 62.1 Å². The highest BCUT2D eigenvalue weighted by atomic mass is 79.9. The van der Waals surface area contributed by atoms with Gasteiger partial charge in [-0.25, -0.2) is 0 Å². The molecule has 1 atom stereocenters. The predicted octanol–water partition coefficient (Wildman–Crippen LogP) is 5.82. The summed E-state index contributed by atoms with van der Waals surface area (Å²) in [6, 6.07) is 8.09. The number of fused-ring (bicyclic) bond motifs is 1. The Bertz CT molecular complexity index is 937. The second kappa shape index (κ2) is 8.26. The van der Waals surface area contributed by atoms with Gasteiger partial charge in [-0.15, -0.1) is 11.3 Å². The molecule has 1 aromatic carbocycles. The van der Waals surface area contributed by atoms with Crippen LogP contribution in [-0.2, 0) is 23.1 Å². The van der Waals surface area contributed by atoms with Crippen molar-refractivity contribution in [1.82, 2.24) is 0 Å². The maximum absolute atomic E-state index is 12.5. The Morgan fingerprint density at radius 1 is 1.43 bits per heavy atom. The van der Waals surface area contributed by atoms with Gasteiger partial charge in [0.2, 0.25) is 0 Å². The summed E-state index contributed by atoms with van der Waals surface area (Å²) in [7, 11) is 0. The molecule has 6 heteroatoms. The molecule has 2 aromatic rings. The minimum Gasteiger partial charge on any atom is -0.483 e. The highest BCUT2D eigenvalue weighted by molar-refractivity contribution is 9.10. The van der Waals surface area contributed by atoms with Crippen LogP contribution in [0.2, 0.25) is 0 Å². The molecule has 1 aliphatic rings. The first-order valence-corrected chi connectivity index (χ1v) is 11.1. The Balaban J connectivity index is 1.72. The number of nitrogens with zero attached hydrogens (tertiary/aromatic N) is 1. The van der Waals surface area contributed by atoms with Gasteiger partial charge in [-0.2, -0.15) is 5.26 Å². The van der Waals surface area contributed by atoms with Crippen LogP contribution in [0.5, 0.6) is 5.75 Å². The standard InChI is InChI=1S/C22H25BrN2O2S/c1-13-5-7-15-16(11-24)21(28-19(15)9-13)25-20(26)12-27-18-8-6-14(23)10-17(18)22(2,3)4/h6,8,10,13H,5,7,9,12H2,1-4H3,(H,25,26). The highest BCUT2D eigenvalue weighted by Crippen LogP contribution is 2.39. The van der Waals surface area contributed by atoms with Crippen LogP contribution < -0.4 is 10.1 Å². The molecule has 148 valence electrons. The molecule has 1 aromatic heterocycles. The number of nitriles is 1. The first-order chi connectivity index (χ1) is 13.2. The average molecular weight is 461 g/mol. The SMILES string of the molecule is CC1CCc2c(sc(NC(=O)COc3ccc(Br)cc3C(C)(C)C)c2C#N)C1. The van der Waals surface area contributed by atoms with Crippen molar-refractivity contribution in [3.05, 3.63) is 44.2 Å². The maximum Gasteiger partial charge on any atom is 0.262 e. The van der Waals surface area contributed by atoms with Crippen molar-refractivity contribution < 1.29 is 9.53 Å². The molecule has 1 unspecified atom stereocenters. The van der Waals surface area contributed by atoms with Gasteiger partial charge < -0.3 is 10.1 Å². The van der Waals surface area contributed by atoms with Crippen LogP contribution in [0.15, 0.2) is 22.7 Å². The van der Waals surface area contributed by atoms with Crippen molar-refractivity contribution in [2.75, 3.05) is 11.9 Å². The second-order valence-electron chi connectivity index (χ2n) is 8.40. The van der Waals surface area contributed by atoms with Crippen LogP contribution in [0.25, 0.3) is 0 Å².